The van der Waals surface area contributed by atoms with E-state index in [4.69, 9.17) is 29.0 Å². The van der Waals surface area contributed by atoms with Gasteiger partial charge in [0.25, 0.3) is 0 Å². The van der Waals surface area contributed by atoms with Gasteiger partial charge in [0.05, 0.1) is 13.1 Å². The Hall–Kier alpha value is -1.07. The summed E-state index contributed by atoms with van der Waals surface area (Å²) in [5, 5.41) is 0. The van der Waals surface area contributed by atoms with Crippen molar-refractivity contribution in [2.24, 2.45) is 11.5 Å². The van der Waals surface area contributed by atoms with Gasteiger partial charge in [-0.05, 0) is 0 Å². The minimum absolute atomic E-state index is 0.300. The van der Waals surface area contributed by atoms with Crippen molar-refractivity contribution in [1.82, 2.24) is 0 Å². The van der Waals surface area contributed by atoms with E-state index in [-0.39, 0.29) is 13.1 Å². The summed E-state index contributed by atoms with van der Waals surface area (Å²) in [4.78, 5) is 20.3. The molecular formula is C4H10N2O7S. The third-order valence-corrected chi connectivity index (χ3v) is 0.561. The molecule has 0 amide bonds. The van der Waals surface area contributed by atoms with Crippen LogP contribution in [0.4, 0.5) is 0 Å². The SMILES string of the molecule is NCC(=O)OC(=O)CN.O=S(=O)(O)O. The molecule has 0 rings (SSSR count). The standard InChI is InChI=1S/C4H8N2O3.H2O4S/c5-1-3(7)9-4(8)2-6;1-5(2,3)4/h1-2,5-6H2;(H2,1,2,3,4). The van der Waals surface area contributed by atoms with E-state index in [1.54, 1.807) is 0 Å². The molecule has 0 aliphatic rings. The summed E-state index contributed by atoms with van der Waals surface area (Å²) in [7, 11) is -4.67. The fourth-order valence-corrected chi connectivity index (χ4v) is 0.210. The molecule has 0 aromatic heterocycles. The van der Waals surface area contributed by atoms with Crippen molar-refractivity contribution in [3.05, 3.63) is 0 Å². The number of nitrogens with two attached hydrogens (primary N) is 2. The van der Waals surface area contributed by atoms with E-state index in [0.717, 1.165) is 0 Å². The molecule has 0 radical (unpaired) electrons. The van der Waals surface area contributed by atoms with Crippen LogP contribution in [0, 0.1) is 0 Å². The summed E-state index contributed by atoms with van der Waals surface area (Å²) in [6.45, 7) is -0.600. The molecule has 10 heteroatoms. The quantitative estimate of drug-likeness (QED) is 0.224. The van der Waals surface area contributed by atoms with Crippen molar-refractivity contribution in [3.8, 4) is 0 Å². The summed E-state index contributed by atoms with van der Waals surface area (Å²) < 4.78 is 35.6. The van der Waals surface area contributed by atoms with Gasteiger partial charge in [0.1, 0.15) is 0 Å². The Morgan fingerprint density at radius 2 is 1.29 bits per heavy atom. The first kappa shape index (κ1) is 15.4. The first-order chi connectivity index (χ1) is 6.20. The maximum Gasteiger partial charge on any atom is 0.394 e. The molecule has 6 N–H and O–H groups in total. The minimum Gasteiger partial charge on any atom is -0.391 e. The van der Waals surface area contributed by atoms with E-state index in [9.17, 15) is 9.59 Å². The first-order valence-electron chi connectivity index (χ1n) is 3.04. The number of rotatable bonds is 2. The van der Waals surface area contributed by atoms with Gasteiger partial charge >= 0.3 is 22.3 Å². The van der Waals surface area contributed by atoms with Crippen LogP contribution in [-0.4, -0.2) is 42.6 Å². The van der Waals surface area contributed by atoms with Crippen molar-refractivity contribution in [2.75, 3.05) is 13.1 Å². The highest BCUT2D eigenvalue weighted by molar-refractivity contribution is 7.79. The van der Waals surface area contributed by atoms with Gasteiger partial charge in [-0.25, -0.2) is 0 Å². The Balaban J connectivity index is 0. The molecule has 0 bridgehead atoms. The highest BCUT2D eigenvalue weighted by atomic mass is 32.3. The summed E-state index contributed by atoms with van der Waals surface area (Å²) in [5.74, 6) is -1.52. The topological polar surface area (TPSA) is 170 Å². The summed E-state index contributed by atoms with van der Waals surface area (Å²) in [6, 6.07) is 0. The first-order valence-corrected chi connectivity index (χ1v) is 4.44. The summed E-state index contributed by atoms with van der Waals surface area (Å²) >= 11 is 0. The van der Waals surface area contributed by atoms with Crippen LogP contribution < -0.4 is 11.5 Å². The summed E-state index contributed by atoms with van der Waals surface area (Å²) in [6.07, 6.45) is 0. The van der Waals surface area contributed by atoms with Crippen LogP contribution >= 0.6 is 0 Å². The van der Waals surface area contributed by atoms with Crippen LogP contribution in [0.15, 0.2) is 0 Å². The van der Waals surface area contributed by atoms with Gasteiger partial charge in [-0.1, -0.05) is 0 Å². The van der Waals surface area contributed by atoms with Gasteiger partial charge < -0.3 is 16.2 Å². The molecule has 0 aliphatic carbocycles. The van der Waals surface area contributed by atoms with Gasteiger partial charge in [-0.2, -0.15) is 8.42 Å². The van der Waals surface area contributed by atoms with Crippen LogP contribution in [0.3, 0.4) is 0 Å². The van der Waals surface area contributed by atoms with Crippen molar-refractivity contribution in [3.63, 3.8) is 0 Å². The monoisotopic (exact) mass is 230 g/mol. The van der Waals surface area contributed by atoms with Crippen molar-refractivity contribution >= 4 is 22.3 Å². The Bertz CT molecular complexity index is 262. The number of hydrogen-bond acceptors (Lipinski definition) is 7. The van der Waals surface area contributed by atoms with E-state index >= 15 is 0 Å². The number of carbonyl (C=O) groups is 2. The molecule has 9 nitrogen and oxygen atoms in total. The van der Waals surface area contributed by atoms with Crippen molar-refractivity contribution < 1.29 is 31.8 Å². The fourth-order valence-electron chi connectivity index (χ4n) is 0.210. The van der Waals surface area contributed by atoms with E-state index in [1.165, 1.54) is 0 Å². The highest BCUT2D eigenvalue weighted by Gasteiger charge is 2.04. The zero-order valence-corrected chi connectivity index (χ0v) is 7.73. The van der Waals surface area contributed by atoms with E-state index in [0.29, 0.717) is 0 Å². The number of hydrogen-bond donors (Lipinski definition) is 4. The predicted molar refractivity (Wildman–Crippen MR) is 43.4 cm³/mol. The van der Waals surface area contributed by atoms with E-state index < -0.39 is 22.3 Å². The third kappa shape index (κ3) is 22.4. The molecule has 0 heterocycles. The smallest absolute Gasteiger partial charge is 0.391 e. The summed E-state index contributed by atoms with van der Waals surface area (Å²) in [5.41, 5.74) is 9.61. The number of carbonyl (C=O) groups excluding carboxylic acids is 2. The van der Waals surface area contributed by atoms with Gasteiger partial charge in [-0.15, -0.1) is 0 Å². The Morgan fingerprint density at radius 3 is 1.43 bits per heavy atom. The number of esters is 2. The molecule has 0 atom stereocenters. The molecule has 0 aromatic rings. The highest BCUT2D eigenvalue weighted by Crippen LogP contribution is 1.74. The molecule has 0 fully saturated rings. The van der Waals surface area contributed by atoms with Crippen LogP contribution in [0.25, 0.3) is 0 Å². The second kappa shape index (κ2) is 7.34. The lowest BCUT2D eigenvalue weighted by molar-refractivity contribution is -0.157. The zero-order chi connectivity index (χ0) is 11.8. The van der Waals surface area contributed by atoms with Gasteiger partial charge in [0, 0.05) is 0 Å². The van der Waals surface area contributed by atoms with Gasteiger partial charge in [-0.3, -0.25) is 18.7 Å². The Morgan fingerprint density at radius 1 is 1.07 bits per heavy atom. The second-order valence-electron chi connectivity index (χ2n) is 1.70. The molecule has 0 unspecified atom stereocenters. The molecule has 84 valence electrons. The molecule has 0 aliphatic heterocycles. The maximum absolute atomic E-state index is 10.2. The fraction of sp³-hybridized carbons (Fsp3) is 0.500. The number of ether oxygens (including phenoxy) is 1. The molecule has 0 aromatic carbocycles. The van der Waals surface area contributed by atoms with Crippen LogP contribution in [0.2, 0.25) is 0 Å². The maximum atomic E-state index is 10.2. The van der Waals surface area contributed by atoms with Crippen LogP contribution in [0.1, 0.15) is 0 Å². The van der Waals surface area contributed by atoms with Crippen LogP contribution in [-0.2, 0) is 24.7 Å². The predicted octanol–water partition coefficient (Wildman–Crippen LogP) is -2.68. The normalized spacial score (nSPS) is 9.71. The average Bonchev–Trinajstić information content (AvgIpc) is 2.01. The molecule has 14 heavy (non-hydrogen) atoms. The minimum atomic E-state index is -4.67. The molecular weight excluding hydrogens is 220 g/mol. The third-order valence-electron chi connectivity index (χ3n) is 0.561. The van der Waals surface area contributed by atoms with Crippen LogP contribution in [0.5, 0.6) is 0 Å². The lowest BCUT2D eigenvalue weighted by atomic mass is 10.6. The van der Waals surface area contributed by atoms with Crippen molar-refractivity contribution in [2.45, 2.75) is 0 Å². The van der Waals surface area contributed by atoms with E-state index in [1.807, 2.05) is 0 Å². The Kier molecular flexibility index (Phi) is 8.08. The molecule has 0 saturated carbocycles. The Labute approximate surface area is 79.6 Å². The lowest BCUT2D eigenvalue weighted by Crippen LogP contribution is -2.25. The van der Waals surface area contributed by atoms with Crippen molar-refractivity contribution in [1.29, 1.82) is 0 Å². The molecule has 0 spiro atoms. The van der Waals surface area contributed by atoms with E-state index in [2.05, 4.69) is 4.74 Å². The zero-order valence-electron chi connectivity index (χ0n) is 6.91. The molecule has 0 saturated heterocycles. The second-order valence-corrected chi connectivity index (χ2v) is 2.60. The van der Waals surface area contributed by atoms with Gasteiger partial charge in [0.15, 0.2) is 0 Å². The largest absolute Gasteiger partial charge is 0.394 e. The average molecular weight is 230 g/mol. The van der Waals surface area contributed by atoms with Gasteiger partial charge in [0.2, 0.25) is 0 Å². The lowest BCUT2D eigenvalue weighted by Gasteiger charge is -1.95.